The van der Waals surface area contributed by atoms with E-state index in [2.05, 4.69) is 34.3 Å². The third-order valence-electron chi connectivity index (χ3n) is 6.10. The van der Waals surface area contributed by atoms with E-state index < -0.39 is 12.1 Å². The molecule has 1 aromatic carbocycles. The smallest absolute Gasteiger partial charge is 0.475 e. The SMILES string of the molecule is CC(=O)N1CCN(C(C)C)C(c2nnc3ccc(C(=O)NCc4cccc(F)c4)cn23)C1.O=C(O)C(F)(F)F. The van der Waals surface area contributed by atoms with Gasteiger partial charge in [-0.15, -0.1) is 10.2 Å². The number of carbonyl (C=O) groups is 3. The van der Waals surface area contributed by atoms with Crippen LogP contribution in [0.4, 0.5) is 17.6 Å². The molecule has 0 radical (unpaired) electrons. The van der Waals surface area contributed by atoms with Gasteiger partial charge in [0.15, 0.2) is 11.5 Å². The third-order valence-corrected chi connectivity index (χ3v) is 6.10. The number of fused-ring (bicyclic) bond motifs is 1. The molecule has 3 aromatic rings. The van der Waals surface area contributed by atoms with Gasteiger partial charge in [0.25, 0.3) is 5.91 Å². The van der Waals surface area contributed by atoms with Gasteiger partial charge >= 0.3 is 12.1 Å². The summed E-state index contributed by atoms with van der Waals surface area (Å²) in [6.45, 7) is 7.96. The van der Waals surface area contributed by atoms with Crippen molar-refractivity contribution in [3.8, 4) is 0 Å². The summed E-state index contributed by atoms with van der Waals surface area (Å²) in [5.41, 5.74) is 1.76. The molecule has 1 fully saturated rings. The van der Waals surface area contributed by atoms with Crippen LogP contribution in [0.2, 0.25) is 0 Å². The van der Waals surface area contributed by atoms with Crippen LogP contribution in [0.15, 0.2) is 42.6 Å². The van der Waals surface area contributed by atoms with E-state index in [1.807, 2.05) is 9.30 Å². The van der Waals surface area contributed by atoms with Gasteiger partial charge < -0.3 is 15.3 Å². The highest BCUT2D eigenvalue weighted by molar-refractivity contribution is 5.94. The average Bonchev–Trinajstić information content (AvgIpc) is 3.30. The molecule has 210 valence electrons. The van der Waals surface area contributed by atoms with Crippen LogP contribution in [-0.4, -0.2) is 79.1 Å². The Morgan fingerprint density at radius 3 is 2.41 bits per heavy atom. The van der Waals surface area contributed by atoms with E-state index in [4.69, 9.17) is 9.90 Å². The molecule has 0 spiro atoms. The number of pyridine rings is 1. The molecule has 2 N–H and O–H groups in total. The molecule has 0 aliphatic carbocycles. The molecule has 1 atom stereocenters. The number of aromatic nitrogens is 3. The van der Waals surface area contributed by atoms with E-state index in [1.165, 1.54) is 12.1 Å². The summed E-state index contributed by atoms with van der Waals surface area (Å²) in [6.07, 6.45) is -3.36. The number of carbonyl (C=O) groups excluding carboxylic acids is 2. The Morgan fingerprint density at radius 1 is 1.13 bits per heavy atom. The zero-order chi connectivity index (χ0) is 28.9. The second-order valence-corrected chi connectivity index (χ2v) is 9.13. The molecule has 39 heavy (non-hydrogen) atoms. The lowest BCUT2D eigenvalue weighted by molar-refractivity contribution is -0.192. The van der Waals surface area contributed by atoms with Gasteiger partial charge in [-0.2, -0.15) is 13.2 Å². The quantitative estimate of drug-likeness (QED) is 0.467. The lowest BCUT2D eigenvalue weighted by Gasteiger charge is -2.42. The zero-order valence-corrected chi connectivity index (χ0v) is 21.4. The van der Waals surface area contributed by atoms with Crippen LogP contribution in [0.3, 0.4) is 0 Å². The summed E-state index contributed by atoms with van der Waals surface area (Å²) in [5.74, 6) is -2.64. The minimum Gasteiger partial charge on any atom is -0.475 e. The highest BCUT2D eigenvalue weighted by Gasteiger charge is 2.38. The molecule has 2 amide bonds. The molecule has 1 saturated heterocycles. The van der Waals surface area contributed by atoms with E-state index in [9.17, 15) is 27.2 Å². The van der Waals surface area contributed by atoms with Crippen LogP contribution in [-0.2, 0) is 16.1 Å². The number of hydrogen-bond acceptors (Lipinski definition) is 6. The van der Waals surface area contributed by atoms with E-state index in [1.54, 1.807) is 37.4 Å². The maximum atomic E-state index is 13.4. The first kappa shape index (κ1) is 29.5. The van der Waals surface area contributed by atoms with E-state index in [-0.39, 0.29) is 36.3 Å². The zero-order valence-electron chi connectivity index (χ0n) is 21.4. The first-order valence-electron chi connectivity index (χ1n) is 12.0. The largest absolute Gasteiger partial charge is 0.490 e. The molecule has 2 aromatic heterocycles. The number of carboxylic acids is 1. The van der Waals surface area contributed by atoms with Gasteiger partial charge in [-0.05, 0) is 43.7 Å². The number of piperazine rings is 1. The second-order valence-electron chi connectivity index (χ2n) is 9.13. The fraction of sp³-hybridized carbons (Fsp3) is 0.400. The third kappa shape index (κ3) is 7.50. The monoisotopic (exact) mass is 552 g/mol. The standard InChI is InChI=1S/C23H27FN6O2.C2HF3O2/c1-15(2)29-10-9-28(16(3)31)14-20(29)22-27-26-21-8-7-18(13-30(21)22)23(32)25-12-17-5-4-6-19(24)11-17;3-2(4,5)1(6)7/h4-8,11,13,15,20H,9-10,12,14H2,1-3H3,(H,25,32);(H,6,7). The number of nitrogens with one attached hydrogen (secondary N) is 1. The summed E-state index contributed by atoms with van der Waals surface area (Å²) >= 11 is 0. The predicted molar refractivity (Wildman–Crippen MR) is 131 cm³/mol. The number of rotatable bonds is 5. The summed E-state index contributed by atoms with van der Waals surface area (Å²) in [7, 11) is 0. The van der Waals surface area contributed by atoms with Crippen molar-refractivity contribution in [1.29, 1.82) is 0 Å². The number of nitrogens with zero attached hydrogens (tertiary/aromatic N) is 5. The van der Waals surface area contributed by atoms with Crippen molar-refractivity contribution in [2.24, 2.45) is 0 Å². The second kappa shape index (κ2) is 12.2. The van der Waals surface area contributed by atoms with E-state index in [0.29, 0.717) is 35.7 Å². The number of amides is 2. The van der Waals surface area contributed by atoms with Crippen LogP contribution in [0, 0.1) is 5.82 Å². The number of alkyl halides is 3. The van der Waals surface area contributed by atoms with Crippen molar-refractivity contribution in [2.75, 3.05) is 19.6 Å². The van der Waals surface area contributed by atoms with Gasteiger partial charge in [0.2, 0.25) is 5.91 Å². The molecule has 1 aliphatic heterocycles. The summed E-state index contributed by atoms with van der Waals surface area (Å²) in [6, 6.07) is 9.71. The number of halogens is 4. The van der Waals surface area contributed by atoms with Crippen LogP contribution in [0.5, 0.6) is 0 Å². The Bertz CT molecular complexity index is 1340. The average molecular weight is 553 g/mol. The van der Waals surface area contributed by atoms with Crippen LogP contribution < -0.4 is 5.32 Å². The Balaban J connectivity index is 0.000000532. The van der Waals surface area contributed by atoms with E-state index in [0.717, 1.165) is 6.54 Å². The molecule has 10 nitrogen and oxygen atoms in total. The maximum Gasteiger partial charge on any atom is 0.490 e. The number of carboxylic acid groups (broad SMARTS) is 1. The molecule has 3 heterocycles. The minimum absolute atomic E-state index is 0.0321. The molecular weight excluding hydrogens is 524 g/mol. The van der Waals surface area contributed by atoms with Gasteiger partial charge in [-0.25, -0.2) is 9.18 Å². The number of hydrogen-bond donors (Lipinski definition) is 2. The van der Waals surface area contributed by atoms with Crippen molar-refractivity contribution in [3.63, 3.8) is 0 Å². The minimum atomic E-state index is -5.08. The molecule has 14 heteroatoms. The topological polar surface area (TPSA) is 120 Å². The van der Waals surface area contributed by atoms with Crippen molar-refractivity contribution in [3.05, 3.63) is 65.4 Å². The Morgan fingerprint density at radius 2 is 1.82 bits per heavy atom. The molecule has 4 rings (SSSR count). The van der Waals surface area contributed by atoms with Crippen LogP contribution >= 0.6 is 0 Å². The van der Waals surface area contributed by atoms with Crippen molar-refractivity contribution in [1.82, 2.24) is 29.7 Å². The Hall–Kier alpha value is -4.07. The maximum absolute atomic E-state index is 13.4. The first-order chi connectivity index (χ1) is 18.3. The lowest BCUT2D eigenvalue weighted by Crippen LogP contribution is -2.52. The molecule has 0 bridgehead atoms. The lowest BCUT2D eigenvalue weighted by atomic mass is 10.1. The number of benzene rings is 1. The van der Waals surface area contributed by atoms with Gasteiger partial charge in [0.1, 0.15) is 5.82 Å². The van der Waals surface area contributed by atoms with Gasteiger partial charge in [0.05, 0.1) is 11.6 Å². The Kier molecular flexibility index (Phi) is 9.22. The van der Waals surface area contributed by atoms with Gasteiger partial charge in [-0.3, -0.25) is 18.9 Å². The Labute approximate surface area is 221 Å². The fourth-order valence-electron chi connectivity index (χ4n) is 4.13. The van der Waals surface area contributed by atoms with Gasteiger partial charge in [-0.1, -0.05) is 12.1 Å². The van der Waals surface area contributed by atoms with Crippen LogP contribution in [0.1, 0.15) is 48.6 Å². The summed E-state index contributed by atoms with van der Waals surface area (Å²) in [5, 5.41) is 18.6. The van der Waals surface area contributed by atoms with Crippen molar-refractivity contribution >= 4 is 23.4 Å². The predicted octanol–water partition coefficient (Wildman–Crippen LogP) is 3.05. The highest BCUT2D eigenvalue weighted by Crippen LogP contribution is 2.27. The molecular formula is C25H28F4N6O4. The highest BCUT2D eigenvalue weighted by atomic mass is 19.4. The molecule has 1 unspecified atom stereocenters. The molecule has 0 saturated carbocycles. The van der Waals surface area contributed by atoms with Crippen molar-refractivity contribution in [2.45, 2.75) is 45.6 Å². The van der Waals surface area contributed by atoms with Crippen molar-refractivity contribution < 1.29 is 37.1 Å². The summed E-state index contributed by atoms with van der Waals surface area (Å²) < 4.78 is 46.9. The normalized spacial score (nSPS) is 16.1. The van der Waals surface area contributed by atoms with Gasteiger partial charge in [0, 0.05) is 45.3 Å². The van der Waals surface area contributed by atoms with Crippen LogP contribution in [0.25, 0.3) is 5.65 Å². The summed E-state index contributed by atoms with van der Waals surface area (Å²) in [4.78, 5) is 37.8. The first-order valence-corrected chi connectivity index (χ1v) is 12.0. The molecule has 1 aliphatic rings. The fourth-order valence-corrected chi connectivity index (χ4v) is 4.13. The number of aliphatic carboxylic acids is 1. The van der Waals surface area contributed by atoms with E-state index >= 15 is 0 Å².